The molecule has 1 unspecified atom stereocenters. The maximum atomic E-state index is 12.6. The maximum Gasteiger partial charge on any atom is 0.255 e. The van der Waals surface area contributed by atoms with Crippen molar-refractivity contribution < 1.29 is 14.4 Å². The number of imide groups is 1. The highest BCUT2D eigenvalue weighted by molar-refractivity contribution is 6.05. The maximum absolute atomic E-state index is 12.6. The Morgan fingerprint density at radius 1 is 1.04 bits per heavy atom. The molecule has 0 radical (unpaired) electrons. The highest BCUT2D eigenvalue weighted by Gasteiger charge is 2.28. The first-order valence-corrected chi connectivity index (χ1v) is 9.32. The topological polar surface area (TPSA) is 66.5 Å². The number of likely N-dealkylation sites (tertiary alicyclic amines) is 1. The number of hydrogen-bond donors (Lipinski definition) is 1. The fourth-order valence-corrected chi connectivity index (χ4v) is 3.20. The predicted octanol–water partition coefficient (Wildman–Crippen LogP) is 4.10. The van der Waals surface area contributed by atoms with Gasteiger partial charge in [-0.3, -0.25) is 19.3 Å². The molecule has 27 heavy (non-hydrogen) atoms. The van der Waals surface area contributed by atoms with Gasteiger partial charge >= 0.3 is 0 Å². The van der Waals surface area contributed by atoms with Gasteiger partial charge in [-0.2, -0.15) is 0 Å². The minimum absolute atomic E-state index is 0.136. The van der Waals surface area contributed by atoms with E-state index in [4.69, 9.17) is 0 Å². The van der Waals surface area contributed by atoms with E-state index in [2.05, 4.69) is 19.2 Å². The molecular formula is C22H24N2O3. The fourth-order valence-electron chi connectivity index (χ4n) is 3.20. The van der Waals surface area contributed by atoms with E-state index in [9.17, 15) is 14.4 Å². The Morgan fingerprint density at radius 3 is 2.30 bits per heavy atom. The number of rotatable bonds is 6. The van der Waals surface area contributed by atoms with Crippen LogP contribution in [-0.4, -0.2) is 22.6 Å². The lowest BCUT2D eigenvalue weighted by atomic mass is 9.96. The third kappa shape index (κ3) is 4.25. The van der Waals surface area contributed by atoms with Crippen molar-refractivity contribution in [3.05, 3.63) is 65.2 Å². The zero-order valence-corrected chi connectivity index (χ0v) is 15.7. The molecule has 2 aromatic rings. The molecule has 140 valence electrons. The van der Waals surface area contributed by atoms with Crippen LogP contribution in [0, 0.1) is 0 Å². The molecule has 3 amide bonds. The first-order chi connectivity index (χ1) is 13.0. The molecule has 0 aliphatic carbocycles. The Morgan fingerprint density at radius 2 is 1.67 bits per heavy atom. The standard InChI is InChI=1S/C22H24N2O3/c1-3-15(2)18-6-4-5-7-19(18)23-22(27)17-10-8-16(9-11-17)14-24-20(25)12-13-21(24)26/h4-11,15H,3,12-14H2,1-2H3,(H,23,27). The second kappa shape index (κ2) is 8.16. The van der Waals surface area contributed by atoms with Gasteiger partial charge in [-0.1, -0.05) is 44.2 Å². The van der Waals surface area contributed by atoms with Gasteiger partial charge in [-0.15, -0.1) is 0 Å². The summed E-state index contributed by atoms with van der Waals surface area (Å²) in [5.74, 6) is -0.0861. The molecule has 0 spiro atoms. The van der Waals surface area contributed by atoms with Gasteiger partial charge in [0, 0.05) is 24.1 Å². The summed E-state index contributed by atoms with van der Waals surface area (Å²) in [6.07, 6.45) is 1.57. The summed E-state index contributed by atoms with van der Waals surface area (Å²) in [5, 5.41) is 2.99. The molecule has 1 fully saturated rings. The van der Waals surface area contributed by atoms with Crippen LogP contribution in [0.5, 0.6) is 0 Å². The van der Waals surface area contributed by atoms with Crippen molar-refractivity contribution in [2.24, 2.45) is 0 Å². The molecule has 1 atom stereocenters. The lowest BCUT2D eigenvalue weighted by molar-refractivity contribution is -0.139. The lowest BCUT2D eigenvalue weighted by Crippen LogP contribution is -2.28. The van der Waals surface area contributed by atoms with Crippen LogP contribution in [0.2, 0.25) is 0 Å². The molecule has 1 aliphatic rings. The van der Waals surface area contributed by atoms with Crippen LogP contribution in [0.4, 0.5) is 5.69 Å². The number of benzene rings is 2. The van der Waals surface area contributed by atoms with Gasteiger partial charge in [0.2, 0.25) is 11.8 Å². The van der Waals surface area contributed by atoms with E-state index in [0.29, 0.717) is 11.5 Å². The third-order valence-corrected chi connectivity index (χ3v) is 5.06. The molecule has 0 aromatic heterocycles. The quantitative estimate of drug-likeness (QED) is 0.785. The molecular weight excluding hydrogens is 340 g/mol. The number of nitrogens with zero attached hydrogens (tertiary/aromatic N) is 1. The monoisotopic (exact) mass is 364 g/mol. The highest BCUT2D eigenvalue weighted by Crippen LogP contribution is 2.27. The number of nitrogens with one attached hydrogen (secondary N) is 1. The first-order valence-electron chi connectivity index (χ1n) is 9.32. The number of para-hydroxylation sites is 1. The molecule has 1 aliphatic heterocycles. The zero-order valence-electron chi connectivity index (χ0n) is 15.7. The summed E-state index contributed by atoms with van der Waals surface area (Å²) in [7, 11) is 0. The number of carbonyl (C=O) groups excluding carboxylic acids is 3. The minimum Gasteiger partial charge on any atom is -0.322 e. The first kappa shape index (κ1) is 18.8. The summed E-state index contributed by atoms with van der Waals surface area (Å²) < 4.78 is 0. The Balaban J connectivity index is 1.70. The number of amides is 3. The number of hydrogen-bond acceptors (Lipinski definition) is 3. The molecule has 1 heterocycles. The van der Waals surface area contributed by atoms with E-state index in [-0.39, 0.29) is 37.1 Å². The van der Waals surface area contributed by atoms with Gasteiger partial charge in [0.25, 0.3) is 5.91 Å². The molecule has 2 aromatic carbocycles. The van der Waals surface area contributed by atoms with Crippen molar-refractivity contribution in [3.8, 4) is 0 Å². The van der Waals surface area contributed by atoms with E-state index in [0.717, 1.165) is 23.2 Å². The molecule has 1 N–H and O–H groups in total. The third-order valence-electron chi connectivity index (χ3n) is 5.06. The van der Waals surface area contributed by atoms with Crippen molar-refractivity contribution in [2.45, 2.75) is 45.6 Å². The molecule has 5 nitrogen and oxygen atoms in total. The smallest absolute Gasteiger partial charge is 0.255 e. The summed E-state index contributed by atoms with van der Waals surface area (Å²) >= 11 is 0. The van der Waals surface area contributed by atoms with Crippen molar-refractivity contribution in [3.63, 3.8) is 0 Å². The summed E-state index contributed by atoms with van der Waals surface area (Å²) in [4.78, 5) is 37.3. The Labute approximate surface area is 159 Å². The fraction of sp³-hybridized carbons (Fsp3) is 0.318. The Hall–Kier alpha value is -2.95. The van der Waals surface area contributed by atoms with Crippen LogP contribution in [0.3, 0.4) is 0 Å². The minimum atomic E-state index is -0.175. The molecule has 3 rings (SSSR count). The van der Waals surface area contributed by atoms with Crippen LogP contribution >= 0.6 is 0 Å². The summed E-state index contributed by atoms with van der Waals surface area (Å²) in [6.45, 7) is 4.52. The van der Waals surface area contributed by atoms with Crippen molar-refractivity contribution in [1.29, 1.82) is 0 Å². The van der Waals surface area contributed by atoms with Gasteiger partial charge in [-0.05, 0) is 41.7 Å². The highest BCUT2D eigenvalue weighted by atomic mass is 16.2. The van der Waals surface area contributed by atoms with E-state index in [1.54, 1.807) is 24.3 Å². The normalized spacial score (nSPS) is 15.1. The second-order valence-electron chi connectivity index (χ2n) is 6.92. The molecule has 5 heteroatoms. The van der Waals surface area contributed by atoms with Crippen molar-refractivity contribution in [2.75, 3.05) is 5.32 Å². The zero-order chi connectivity index (χ0) is 19.4. The van der Waals surface area contributed by atoms with E-state index in [1.807, 2.05) is 24.3 Å². The average Bonchev–Trinajstić information content (AvgIpc) is 3.00. The molecule has 1 saturated heterocycles. The van der Waals surface area contributed by atoms with Gasteiger partial charge in [0.05, 0.1) is 6.54 Å². The van der Waals surface area contributed by atoms with Gasteiger partial charge in [0.1, 0.15) is 0 Å². The van der Waals surface area contributed by atoms with Crippen LogP contribution in [0.1, 0.15) is 60.5 Å². The summed E-state index contributed by atoms with van der Waals surface area (Å²) in [6, 6.07) is 14.9. The van der Waals surface area contributed by atoms with Gasteiger partial charge in [0.15, 0.2) is 0 Å². The van der Waals surface area contributed by atoms with Crippen molar-refractivity contribution >= 4 is 23.4 Å². The lowest BCUT2D eigenvalue weighted by Gasteiger charge is -2.16. The van der Waals surface area contributed by atoms with E-state index < -0.39 is 0 Å². The largest absolute Gasteiger partial charge is 0.322 e. The van der Waals surface area contributed by atoms with Gasteiger partial charge < -0.3 is 5.32 Å². The second-order valence-corrected chi connectivity index (χ2v) is 6.92. The Kier molecular flexibility index (Phi) is 5.69. The number of anilines is 1. The van der Waals surface area contributed by atoms with Crippen LogP contribution in [0.25, 0.3) is 0 Å². The summed E-state index contributed by atoms with van der Waals surface area (Å²) in [5.41, 5.74) is 3.32. The van der Waals surface area contributed by atoms with E-state index in [1.165, 1.54) is 4.90 Å². The molecule has 0 saturated carbocycles. The van der Waals surface area contributed by atoms with E-state index >= 15 is 0 Å². The number of carbonyl (C=O) groups is 3. The van der Waals surface area contributed by atoms with Crippen LogP contribution in [-0.2, 0) is 16.1 Å². The van der Waals surface area contributed by atoms with Gasteiger partial charge in [-0.25, -0.2) is 0 Å². The predicted molar refractivity (Wildman–Crippen MR) is 104 cm³/mol. The van der Waals surface area contributed by atoms with Crippen molar-refractivity contribution in [1.82, 2.24) is 4.90 Å². The van der Waals surface area contributed by atoms with Crippen LogP contribution < -0.4 is 5.32 Å². The Bertz CT molecular complexity index is 842. The molecule has 0 bridgehead atoms. The SMILES string of the molecule is CCC(C)c1ccccc1NC(=O)c1ccc(CN2C(=O)CCC2=O)cc1. The average molecular weight is 364 g/mol. The van der Waals surface area contributed by atoms with Crippen LogP contribution in [0.15, 0.2) is 48.5 Å².